The fourth-order valence-corrected chi connectivity index (χ4v) is 6.71. The van der Waals surface area contributed by atoms with Gasteiger partial charge in [0, 0.05) is 24.1 Å². The summed E-state index contributed by atoms with van der Waals surface area (Å²) in [6.45, 7) is 3.93. The zero-order chi connectivity index (χ0) is 33.1. The van der Waals surface area contributed by atoms with Gasteiger partial charge in [-0.15, -0.1) is 21.5 Å². The Morgan fingerprint density at radius 3 is 2.53 bits per heavy atom. The minimum atomic E-state index is -0.528. The number of carbonyl (C=O) groups is 2. The third kappa shape index (κ3) is 6.98. The van der Waals surface area contributed by atoms with E-state index in [1.807, 2.05) is 54.1 Å². The molecule has 1 atom stereocenters. The predicted molar refractivity (Wildman–Crippen MR) is 177 cm³/mol. The third-order valence-corrected chi connectivity index (χ3v) is 9.44. The van der Waals surface area contributed by atoms with Crippen molar-refractivity contribution in [1.82, 2.24) is 25.1 Å². The number of carbonyl (C=O) groups excluding carboxylic acids is 2. The lowest BCUT2D eigenvalue weighted by atomic mass is 10.0. The number of nitro benzene ring substituents is 1. The van der Waals surface area contributed by atoms with Crippen molar-refractivity contribution in [1.29, 1.82) is 0 Å². The second kappa shape index (κ2) is 13.6. The number of nitro groups is 1. The molecule has 5 aromatic rings. The van der Waals surface area contributed by atoms with Crippen molar-refractivity contribution in [3.8, 4) is 5.69 Å². The lowest BCUT2D eigenvalue weighted by Gasteiger charge is -2.22. The molecule has 0 saturated carbocycles. The zero-order valence-corrected chi connectivity index (χ0v) is 26.9. The van der Waals surface area contributed by atoms with Crippen molar-refractivity contribution in [3.05, 3.63) is 133 Å². The van der Waals surface area contributed by atoms with Crippen molar-refractivity contribution in [2.24, 2.45) is 5.10 Å². The summed E-state index contributed by atoms with van der Waals surface area (Å²) in [4.78, 5) is 38.1. The fourth-order valence-electron chi connectivity index (χ4n) is 5.18. The second-order valence-corrected chi connectivity index (χ2v) is 12.7. The Balaban J connectivity index is 1.24. The Hall–Kier alpha value is -5.21. The molecule has 0 spiro atoms. The minimum Gasteiger partial charge on any atom is -0.345 e. The first-order valence-corrected chi connectivity index (χ1v) is 16.4. The molecule has 0 fully saturated rings. The number of thioether (sulfide) groups is 1. The molecule has 0 aliphatic carbocycles. The maximum absolute atomic E-state index is 13.8. The van der Waals surface area contributed by atoms with Gasteiger partial charge in [-0.25, -0.2) is 9.40 Å². The topological polar surface area (TPSA) is 136 Å². The summed E-state index contributed by atoms with van der Waals surface area (Å²) < 4.78 is 15.5. The van der Waals surface area contributed by atoms with Crippen molar-refractivity contribution in [3.63, 3.8) is 0 Å². The molecule has 47 heavy (non-hydrogen) atoms. The molecule has 3 aromatic carbocycles. The number of hydrazone groups is 1. The molecule has 1 aliphatic heterocycles. The average molecular weight is 670 g/mol. The van der Waals surface area contributed by atoms with E-state index in [9.17, 15) is 24.1 Å². The number of aromatic nitrogens is 3. The lowest BCUT2D eigenvalue weighted by molar-refractivity contribution is -0.384. The van der Waals surface area contributed by atoms with E-state index in [-0.39, 0.29) is 41.3 Å². The molecule has 1 aliphatic rings. The first-order valence-electron chi connectivity index (χ1n) is 14.5. The number of rotatable bonds is 10. The smallest absolute Gasteiger partial charge is 0.269 e. The first-order chi connectivity index (χ1) is 22.7. The van der Waals surface area contributed by atoms with E-state index in [4.69, 9.17) is 5.10 Å². The normalized spacial score (nSPS) is 14.2. The van der Waals surface area contributed by atoms with Crippen LogP contribution in [0.1, 0.15) is 50.2 Å². The summed E-state index contributed by atoms with van der Waals surface area (Å²) in [6, 6.07) is 20.9. The van der Waals surface area contributed by atoms with Crippen LogP contribution in [0.2, 0.25) is 0 Å². The highest BCUT2D eigenvalue weighted by atomic mass is 32.2. The van der Waals surface area contributed by atoms with Crippen molar-refractivity contribution >= 4 is 46.3 Å². The lowest BCUT2D eigenvalue weighted by Crippen LogP contribution is -2.28. The second-order valence-electron chi connectivity index (χ2n) is 10.8. The number of hydrogen-bond donors (Lipinski definition) is 1. The van der Waals surface area contributed by atoms with Crippen LogP contribution in [0.5, 0.6) is 0 Å². The Morgan fingerprint density at radius 2 is 1.83 bits per heavy atom. The minimum absolute atomic E-state index is 0.00291. The van der Waals surface area contributed by atoms with Crippen LogP contribution in [0.4, 0.5) is 10.1 Å². The van der Waals surface area contributed by atoms with E-state index in [0.29, 0.717) is 17.4 Å². The summed E-state index contributed by atoms with van der Waals surface area (Å²) in [5, 5.41) is 31.1. The third-order valence-electron chi connectivity index (χ3n) is 7.60. The molecule has 0 radical (unpaired) electrons. The van der Waals surface area contributed by atoms with Gasteiger partial charge in [-0.05, 0) is 72.3 Å². The monoisotopic (exact) mass is 669 g/mol. The van der Waals surface area contributed by atoms with E-state index in [1.165, 1.54) is 53.2 Å². The van der Waals surface area contributed by atoms with Gasteiger partial charge in [0.2, 0.25) is 0 Å². The van der Waals surface area contributed by atoms with Gasteiger partial charge in [-0.1, -0.05) is 42.1 Å². The standard InChI is InChI=1S/C33H28FN7O4S2/c1-20-5-6-21(2)27(16-20)39-30(18-35-32(43)23-9-13-25(14-10-23)41(44)45)36-37-33(39)47-19-31(42)40-28(22-7-11-24(34)12-8-22)17-26(38-40)29-4-3-15-46-29/h3-16,28H,17-19H2,1-2H3,(H,35,43)/t28-/m1/s1. The van der Waals surface area contributed by atoms with Crippen LogP contribution in [-0.2, 0) is 11.3 Å². The van der Waals surface area contributed by atoms with Crippen LogP contribution >= 0.6 is 23.1 Å². The highest BCUT2D eigenvalue weighted by molar-refractivity contribution is 7.99. The van der Waals surface area contributed by atoms with Crippen LogP contribution in [0.15, 0.2) is 94.5 Å². The molecule has 2 amide bonds. The predicted octanol–water partition coefficient (Wildman–Crippen LogP) is 6.39. The SMILES string of the molecule is Cc1ccc(C)c(-n2c(CNC(=O)c3ccc([N+](=O)[O-])cc3)nnc2SCC(=O)N2N=C(c3cccs3)C[C@@H]2c2ccc(F)cc2)c1. The number of non-ortho nitro benzene ring substituents is 1. The highest BCUT2D eigenvalue weighted by Crippen LogP contribution is 2.35. The van der Waals surface area contributed by atoms with Gasteiger partial charge in [0.15, 0.2) is 11.0 Å². The van der Waals surface area contributed by atoms with E-state index >= 15 is 0 Å². The van der Waals surface area contributed by atoms with Crippen LogP contribution in [0.3, 0.4) is 0 Å². The molecular formula is C33H28FN7O4S2. The Labute approximate surface area is 277 Å². The largest absolute Gasteiger partial charge is 0.345 e. The average Bonchev–Trinajstić information content (AvgIpc) is 3.84. The zero-order valence-electron chi connectivity index (χ0n) is 25.3. The number of halogens is 1. The summed E-state index contributed by atoms with van der Waals surface area (Å²) >= 11 is 2.74. The number of hydrogen-bond acceptors (Lipinski definition) is 9. The van der Waals surface area contributed by atoms with Crippen molar-refractivity contribution in [2.75, 3.05) is 5.75 Å². The van der Waals surface area contributed by atoms with E-state index in [0.717, 1.165) is 33.0 Å². The van der Waals surface area contributed by atoms with E-state index in [1.54, 1.807) is 23.5 Å². The molecule has 3 heterocycles. The van der Waals surface area contributed by atoms with Crippen LogP contribution in [-0.4, -0.2) is 48.0 Å². The number of benzene rings is 3. The molecule has 14 heteroatoms. The Kier molecular flexibility index (Phi) is 9.22. The van der Waals surface area contributed by atoms with Gasteiger partial charge in [0.05, 0.1) is 39.5 Å². The molecule has 2 aromatic heterocycles. The maximum Gasteiger partial charge on any atom is 0.269 e. The fraction of sp³-hybridized carbons (Fsp3) is 0.182. The van der Waals surface area contributed by atoms with Gasteiger partial charge in [-0.2, -0.15) is 5.10 Å². The summed E-state index contributed by atoms with van der Waals surface area (Å²) in [7, 11) is 0. The Morgan fingerprint density at radius 1 is 1.06 bits per heavy atom. The number of amides is 2. The molecule has 238 valence electrons. The van der Waals surface area contributed by atoms with Crippen LogP contribution in [0.25, 0.3) is 5.69 Å². The number of nitrogens with one attached hydrogen (secondary N) is 1. The van der Waals surface area contributed by atoms with Gasteiger partial charge >= 0.3 is 0 Å². The van der Waals surface area contributed by atoms with Gasteiger partial charge in [0.25, 0.3) is 17.5 Å². The number of thiophene rings is 1. The molecule has 0 bridgehead atoms. The van der Waals surface area contributed by atoms with Gasteiger partial charge in [-0.3, -0.25) is 24.3 Å². The molecule has 1 N–H and O–H groups in total. The highest BCUT2D eigenvalue weighted by Gasteiger charge is 2.34. The van der Waals surface area contributed by atoms with E-state index < -0.39 is 10.8 Å². The van der Waals surface area contributed by atoms with Gasteiger partial charge < -0.3 is 5.32 Å². The summed E-state index contributed by atoms with van der Waals surface area (Å²) in [5.74, 6) is -0.603. The molecule has 0 unspecified atom stereocenters. The number of aryl methyl sites for hydroxylation is 2. The van der Waals surface area contributed by atoms with Crippen molar-refractivity contribution < 1.29 is 18.9 Å². The van der Waals surface area contributed by atoms with Crippen LogP contribution < -0.4 is 5.32 Å². The first kappa shape index (κ1) is 31.8. The number of nitrogens with zero attached hydrogens (tertiary/aromatic N) is 6. The molecule has 0 saturated heterocycles. The summed E-state index contributed by atoms with van der Waals surface area (Å²) in [6.07, 6.45) is 0.500. The maximum atomic E-state index is 13.8. The van der Waals surface area contributed by atoms with Crippen molar-refractivity contribution in [2.45, 2.75) is 38.0 Å². The Bertz CT molecular complexity index is 1980. The molecule has 6 rings (SSSR count). The van der Waals surface area contributed by atoms with Crippen LogP contribution in [0, 0.1) is 29.8 Å². The summed E-state index contributed by atoms with van der Waals surface area (Å²) in [5.41, 5.74) is 4.46. The molecular weight excluding hydrogens is 642 g/mol. The molecule has 11 nitrogen and oxygen atoms in total. The van der Waals surface area contributed by atoms with E-state index in [2.05, 4.69) is 15.5 Å². The van der Waals surface area contributed by atoms with Gasteiger partial charge in [0.1, 0.15) is 5.82 Å². The quantitative estimate of drug-likeness (QED) is 0.103.